The van der Waals surface area contributed by atoms with Crippen molar-refractivity contribution in [2.75, 3.05) is 4.90 Å². The van der Waals surface area contributed by atoms with Gasteiger partial charge in [-0.1, -0.05) is 89.8 Å². The third kappa shape index (κ3) is 5.26. The van der Waals surface area contributed by atoms with Crippen molar-refractivity contribution in [1.29, 1.82) is 0 Å². The van der Waals surface area contributed by atoms with Crippen molar-refractivity contribution >= 4 is 62.1 Å². The average molecular weight is 613 g/mol. The van der Waals surface area contributed by atoms with Gasteiger partial charge in [-0.15, -0.1) is 10.2 Å². The fourth-order valence-electron chi connectivity index (χ4n) is 4.97. The number of halogens is 1. The van der Waals surface area contributed by atoms with Crippen LogP contribution in [0, 0.1) is 22.9 Å². The van der Waals surface area contributed by atoms with Gasteiger partial charge in [0, 0.05) is 23.4 Å². The first-order valence-corrected chi connectivity index (χ1v) is 14.8. The van der Waals surface area contributed by atoms with Gasteiger partial charge < -0.3 is 5.11 Å². The summed E-state index contributed by atoms with van der Waals surface area (Å²) in [5.41, 5.74) is 0.988. The Balaban J connectivity index is 1.40. The number of Topliss-reactive ketones (excluding diaryl/α,β-unsaturated/α-hetero) is 1. The van der Waals surface area contributed by atoms with Gasteiger partial charge in [0.25, 0.3) is 11.5 Å². The quantitative estimate of drug-likeness (QED) is 0.0397. The first-order valence-electron chi connectivity index (χ1n) is 13.0. The van der Waals surface area contributed by atoms with E-state index in [1.54, 1.807) is 6.92 Å². The lowest BCUT2D eigenvalue weighted by atomic mass is 9.95. The molecule has 9 nitrogen and oxygen atoms in total. The summed E-state index contributed by atoms with van der Waals surface area (Å²) in [6.07, 6.45) is 0. The van der Waals surface area contributed by atoms with E-state index in [0.29, 0.717) is 15.7 Å². The van der Waals surface area contributed by atoms with E-state index < -0.39 is 34.2 Å². The van der Waals surface area contributed by atoms with Gasteiger partial charge in [-0.05, 0) is 40.5 Å². The molecule has 1 amide bonds. The highest BCUT2D eigenvalue weighted by atomic mass is 32.2. The van der Waals surface area contributed by atoms with Gasteiger partial charge in [0.1, 0.15) is 11.6 Å². The van der Waals surface area contributed by atoms with Gasteiger partial charge in [0.05, 0.1) is 16.5 Å². The van der Waals surface area contributed by atoms with E-state index in [0.717, 1.165) is 38.6 Å². The van der Waals surface area contributed by atoms with Crippen LogP contribution >= 0.6 is 23.1 Å². The topological polar surface area (TPSA) is 127 Å². The molecule has 0 spiro atoms. The smallest absolute Gasteiger partial charge is 0.301 e. The molecule has 5 aromatic rings. The standard InChI is InChI=1S/C31H21FN4O5S2/c1-17-12-13-20(15-24(17)32)27(37)25-26(19-8-5-10-22(14-19)36(40)41)35(29(39)28(25)38)30-33-34-31(43-30)42-16-21-9-4-7-18-6-2-3-11-23(18)21/h2-15,26,37H,16H2,1H3/t26-/m0/s1. The molecule has 2 heterocycles. The average Bonchev–Trinajstić information content (AvgIpc) is 3.58. The summed E-state index contributed by atoms with van der Waals surface area (Å²) < 4.78 is 14.9. The number of hydrogen-bond acceptors (Lipinski definition) is 9. The van der Waals surface area contributed by atoms with Gasteiger partial charge in [-0.3, -0.25) is 24.6 Å². The van der Waals surface area contributed by atoms with E-state index in [4.69, 9.17) is 0 Å². The largest absolute Gasteiger partial charge is 0.507 e. The molecular formula is C31H21FN4O5S2. The molecule has 0 unspecified atom stereocenters. The molecule has 1 aliphatic heterocycles. The molecular weight excluding hydrogens is 591 g/mol. The number of amides is 1. The lowest BCUT2D eigenvalue weighted by Gasteiger charge is -2.22. The van der Waals surface area contributed by atoms with E-state index in [9.17, 15) is 29.2 Å². The number of benzene rings is 4. The molecule has 0 bridgehead atoms. The highest BCUT2D eigenvalue weighted by molar-refractivity contribution is 8.00. The molecule has 1 atom stereocenters. The summed E-state index contributed by atoms with van der Waals surface area (Å²) in [5.74, 6) is -2.67. The summed E-state index contributed by atoms with van der Waals surface area (Å²) in [6, 6.07) is 22.1. The van der Waals surface area contributed by atoms with Crippen LogP contribution in [0.25, 0.3) is 16.5 Å². The Morgan fingerprint density at radius 1 is 1.05 bits per heavy atom. The molecule has 1 N–H and O–H groups in total. The first kappa shape index (κ1) is 28.2. The van der Waals surface area contributed by atoms with Crippen LogP contribution in [0.1, 0.15) is 28.3 Å². The van der Waals surface area contributed by atoms with Crippen LogP contribution in [0.3, 0.4) is 0 Å². The molecule has 12 heteroatoms. The second-order valence-corrected chi connectivity index (χ2v) is 11.9. The van der Waals surface area contributed by atoms with Crippen LogP contribution in [0.4, 0.5) is 15.2 Å². The zero-order chi connectivity index (χ0) is 30.2. The number of thioether (sulfide) groups is 1. The molecule has 6 rings (SSSR count). The van der Waals surface area contributed by atoms with Crippen LogP contribution < -0.4 is 4.90 Å². The Hall–Kier alpha value is -4.94. The number of aryl methyl sites for hydroxylation is 1. The van der Waals surface area contributed by atoms with E-state index in [-0.39, 0.29) is 27.5 Å². The summed E-state index contributed by atoms with van der Waals surface area (Å²) in [7, 11) is 0. The summed E-state index contributed by atoms with van der Waals surface area (Å²) in [5, 5.41) is 33.5. The minimum Gasteiger partial charge on any atom is -0.507 e. The van der Waals surface area contributed by atoms with Crippen molar-refractivity contribution < 1.29 is 24.0 Å². The molecule has 0 aliphatic carbocycles. The maximum absolute atomic E-state index is 14.4. The summed E-state index contributed by atoms with van der Waals surface area (Å²) >= 11 is 2.49. The number of hydrogen-bond donors (Lipinski definition) is 1. The minimum atomic E-state index is -1.27. The number of carbonyl (C=O) groups excluding carboxylic acids is 2. The number of aromatic nitrogens is 2. The second-order valence-electron chi connectivity index (χ2n) is 9.76. The number of ketones is 1. The van der Waals surface area contributed by atoms with Gasteiger partial charge in [-0.2, -0.15) is 0 Å². The van der Waals surface area contributed by atoms with E-state index in [1.807, 2.05) is 42.5 Å². The monoisotopic (exact) mass is 612 g/mol. The summed E-state index contributed by atoms with van der Waals surface area (Å²) in [4.78, 5) is 38.9. The Labute approximate surface area is 252 Å². The number of carbonyl (C=O) groups is 2. The van der Waals surface area contributed by atoms with Gasteiger partial charge in [0.2, 0.25) is 5.13 Å². The predicted octanol–water partition coefficient (Wildman–Crippen LogP) is 6.97. The molecule has 0 radical (unpaired) electrons. The Morgan fingerprint density at radius 3 is 2.60 bits per heavy atom. The number of nitro groups is 1. The third-order valence-corrected chi connectivity index (χ3v) is 9.22. The maximum Gasteiger partial charge on any atom is 0.301 e. The highest BCUT2D eigenvalue weighted by Crippen LogP contribution is 2.44. The Kier molecular flexibility index (Phi) is 7.46. The maximum atomic E-state index is 14.4. The molecule has 214 valence electrons. The van der Waals surface area contributed by atoms with Crippen LogP contribution in [-0.2, 0) is 15.3 Å². The molecule has 1 aromatic heterocycles. The lowest BCUT2D eigenvalue weighted by Crippen LogP contribution is -2.29. The minimum absolute atomic E-state index is 0.0138. The lowest BCUT2D eigenvalue weighted by molar-refractivity contribution is -0.384. The normalized spacial score (nSPS) is 16.2. The number of anilines is 1. The molecule has 1 saturated heterocycles. The molecule has 4 aromatic carbocycles. The second kappa shape index (κ2) is 11.4. The number of aliphatic hydroxyl groups excluding tert-OH is 1. The molecule has 0 saturated carbocycles. The number of non-ortho nitro benzene ring substituents is 1. The highest BCUT2D eigenvalue weighted by Gasteiger charge is 2.48. The number of nitro benzene ring substituents is 1. The van der Waals surface area contributed by atoms with Gasteiger partial charge >= 0.3 is 5.91 Å². The van der Waals surface area contributed by atoms with Crippen molar-refractivity contribution in [1.82, 2.24) is 10.2 Å². The van der Waals surface area contributed by atoms with E-state index in [2.05, 4.69) is 10.2 Å². The zero-order valence-corrected chi connectivity index (χ0v) is 24.1. The number of fused-ring (bicyclic) bond motifs is 1. The zero-order valence-electron chi connectivity index (χ0n) is 22.4. The summed E-state index contributed by atoms with van der Waals surface area (Å²) in [6.45, 7) is 1.55. The fraction of sp³-hybridized carbons (Fsp3) is 0.0968. The number of aliphatic hydroxyl groups is 1. The first-order chi connectivity index (χ1) is 20.7. The Bertz CT molecular complexity index is 1970. The van der Waals surface area contributed by atoms with Crippen LogP contribution in [-0.4, -0.2) is 31.9 Å². The molecule has 43 heavy (non-hydrogen) atoms. The van der Waals surface area contributed by atoms with E-state index in [1.165, 1.54) is 48.2 Å². The van der Waals surface area contributed by atoms with Gasteiger partial charge in [-0.25, -0.2) is 4.39 Å². The third-order valence-electron chi connectivity index (χ3n) is 7.12. The molecule has 1 fully saturated rings. The van der Waals surface area contributed by atoms with Crippen LogP contribution in [0.2, 0.25) is 0 Å². The van der Waals surface area contributed by atoms with Crippen molar-refractivity contribution in [2.45, 2.75) is 23.1 Å². The fourth-order valence-corrected chi connectivity index (χ4v) is 6.84. The van der Waals surface area contributed by atoms with E-state index >= 15 is 0 Å². The SMILES string of the molecule is Cc1ccc(C(O)=C2C(=O)C(=O)N(c3nnc(SCc4cccc5ccccc45)s3)[C@H]2c2cccc([N+](=O)[O-])c2)cc1F. The number of nitrogens with zero attached hydrogens (tertiary/aromatic N) is 4. The van der Waals surface area contributed by atoms with Crippen molar-refractivity contribution in [3.63, 3.8) is 0 Å². The number of rotatable bonds is 7. The van der Waals surface area contributed by atoms with Crippen molar-refractivity contribution in [2.24, 2.45) is 0 Å². The Morgan fingerprint density at radius 2 is 1.81 bits per heavy atom. The van der Waals surface area contributed by atoms with Crippen LogP contribution in [0.15, 0.2) is 94.8 Å². The van der Waals surface area contributed by atoms with Crippen molar-refractivity contribution in [3.8, 4) is 0 Å². The van der Waals surface area contributed by atoms with Gasteiger partial charge in [0.15, 0.2) is 4.34 Å². The predicted molar refractivity (Wildman–Crippen MR) is 162 cm³/mol. The van der Waals surface area contributed by atoms with Crippen LogP contribution in [0.5, 0.6) is 0 Å². The molecule has 1 aliphatic rings. The van der Waals surface area contributed by atoms with Crippen molar-refractivity contribution in [3.05, 3.63) is 129 Å².